The number of hydrogen-bond acceptors (Lipinski definition) is 3. The van der Waals surface area contributed by atoms with Gasteiger partial charge >= 0.3 is 0 Å². The molecular formula is C17H17BrO3. The molecule has 0 spiro atoms. The van der Waals surface area contributed by atoms with Crippen molar-refractivity contribution in [2.45, 2.75) is 18.4 Å². The Morgan fingerprint density at radius 1 is 1.33 bits per heavy atom. The minimum absolute atomic E-state index is 0.0297. The average molecular weight is 349 g/mol. The summed E-state index contributed by atoms with van der Waals surface area (Å²) in [5.41, 5.74) is 2.16. The Morgan fingerprint density at radius 3 is 2.90 bits per heavy atom. The van der Waals surface area contributed by atoms with Crippen molar-refractivity contribution in [1.29, 1.82) is 0 Å². The lowest BCUT2D eigenvalue weighted by molar-refractivity contribution is 0.129. The molecule has 1 aliphatic rings. The van der Waals surface area contributed by atoms with Gasteiger partial charge in [0.25, 0.3) is 0 Å². The summed E-state index contributed by atoms with van der Waals surface area (Å²) >= 11 is 3.48. The highest BCUT2D eigenvalue weighted by molar-refractivity contribution is 9.10. The second-order valence-electron chi connectivity index (χ2n) is 5.20. The van der Waals surface area contributed by atoms with Gasteiger partial charge < -0.3 is 14.6 Å². The van der Waals surface area contributed by atoms with Crippen LogP contribution in [0.15, 0.2) is 46.9 Å². The van der Waals surface area contributed by atoms with E-state index in [1.807, 2.05) is 42.5 Å². The van der Waals surface area contributed by atoms with Crippen LogP contribution in [0.25, 0.3) is 0 Å². The highest BCUT2D eigenvalue weighted by atomic mass is 79.9. The van der Waals surface area contributed by atoms with Crippen LogP contribution in [-0.2, 0) is 6.42 Å². The smallest absolute Gasteiger partial charge is 0.133 e. The summed E-state index contributed by atoms with van der Waals surface area (Å²) in [6.07, 6.45) is 0.124. The molecule has 0 bridgehead atoms. The van der Waals surface area contributed by atoms with E-state index in [4.69, 9.17) is 9.47 Å². The summed E-state index contributed by atoms with van der Waals surface area (Å²) in [6, 6.07) is 13.8. The summed E-state index contributed by atoms with van der Waals surface area (Å²) in [6.45, 7) is 0.540. The Balaban J connectivity index is 1.75. The molecule has 0 saturated heterocycles. The van der Waals surface area contributed by atoms with Crippen LogP contribution in [0.2, 0.25) is 0 Å². The lowest BCUT2D eigenvalue weighted by atomic mass is 9.91. The number of rotatable bonds is 4. The number of fused-ring (bicyclic) bond motifs is 1. The molecule has 4 heteroatoms. The van der Waals surface area contributed by atoms with Crippen LogP contribution in [0.3, 0.4) is 0 Å². The van der Waals surface area contributed by atoms with Crippen molar-refractivity contribution in [2.24, 2.45) is 0 Å². The summed E-state index contributed by atoms with van der Waals surface area (Å²) in [7, 11) is 1.64. The standard InChI is InChI=1S/C17H17BrO3/c1-20-17-7-6-11(8-14(17)18)9-15(19)13-10-21-16-5-3-2-4-12(13)16/h2-8,13,15,19H,9-10H2,1H3. The molecule has 0 radical (unpaired) electrons. The number of ether oxygens (including phenoxy) is 2. The lowest BCUT2D eigenvalue weighted by Gasteiger charge is -2.17. The fourth-order valence-electron chi connectivity index (χ4n) is 2.73. The van der Waals surface area contributed by atoms with Gasteiger partial charge in [-0.2, -0.15) is 0 Å². The highest BCUT2D eigenvalue weighted by Gasteiger charge is 2.30. The Kier molecular flexibility index (Phi) is 4.17. The Labute approximate surface area is 132 Å². The van der Waals surface area contributed by atoms with Crippen molar-refractivity contribution in [3.63, 3.8) is 0 Å². The van der Waals surface area contributed by atoms with Crippen LogP contribution in [0, 0.1) is 0 Å². The van der Waals surface area contributed by atoms with Gasteiger partial charge in [0.15, 0.2) is 0 Å². The monoisotopic (exact) mass is 348 g/mol. The third kappa shape index (κ3) is 2.92. The van der Waals surface area contributed by atoms with Crippen LogP contribution >= 0.6 is 15.9 Å². The van der Waals surface area contributed by atoms with Gasteiger partial charge in [0.05, 0.1) is 24.3 Å². The van der Waals surface area contributed by atoms with Gasteiger partial charge in [-0.1, -0.05) is 24.3 Å². The minimum Gasteiger partial charge on any atom is -0.496 e. The van der Waals surface area contributed by atoms with Crippen LogP contribution in [0.1, 0.15) is 17.0 Å². The number of hydrogen-bond donors (Lipinski definition) is 1. The first-order valence-electron chi connectivity index (χ1n) is 6.91. The van der Waals surface area contributed by atoms with Gasteiger partial charge in [-0.3, -0.25) is 0 Å². The number of benzene rings is 2. The molecule has 110 valence electrons. The molecule has 3 nitrogen and oxygen atoms in total. The van der Waals surface area contributed by atoms with Gasteiger partial charge in [-0.15, -0.1) is 0 Å². The molecule has 1 aliphatic heterocycles. The molecule has 0 fully saturated rings. The number of halogens is 1. The third-order valence-corrected chi connectivity index (χ3v) is 4.48. The Bertz CT molecular complexity index is 642. The predicted octanol–water partition coefficient (Wildman–Crippen LogP) is 3.54. The zero-order chi connectivity index (χ0) is 14.8. The molecule has 3 rings (SSSR count). The van der Waals surface area contributed by atoms with Gasteiger partial charge in [0.1, 0.15) is 11.5 Å². The maximum absolute atomic E-state index is 10.5. The molecule has 0 aromatic heterocycles. The minimum atomic E-state index is -0.464. The fourth-order valence-corrected chi connectivity index (χ4v) is 3.31. The SMILES string of the molecule is COc1ccc(CC(O)C2COc3ccccc32)cc1Br. The predicted molar refractivity (Wildman–Crippen MR) is 85.1 cm³/mol. The Hall–Kier alpha value is -1.52. The number of aliphatic hydroxyl groups excluding tert-OH is 1. The zero-order valence-electron chi connectivity index (χ0n) is 11.8. The van der Waals surface area contributed by atoms with Crippen molar-refractivity contribution in [2.75, 3.05) is 13.7 Å². The highest BCUT2D eigenvalue weighted by Crippen LogP contribution is 2.36. The molecule has 0 amide bonds. The summed E-state index contributed by atoms with van der Waals surface area (Å²) in [5.74, 6) is 1.71. The summed E-state index contributed by atoms with van der Waals surface area (Å²) < 4.78 is 11.8. The molecule has 21 heavy (non-hydrogen) atoms. The van der Waals surface area contributed by atoms with Crippen LogP contribution in [0.5, 0.6) is 11.5 Å². The fraction of sp³-hybridized carbons (Fsp3) is 0.294. The second-order valence-corrected chi connectivity index (χ2v) is 6.05. The van der Waals surface area contributed by atoms with Gasteiger partial charge in [0, 0.05) is 11.5 Å². The van der Waals surface area contributed by atoms with E-state index in [2.05, 4.69) is 15.9 Å². The van der Waals surface area contributed by atoms with E-state index in [1.54, 1.807) is 7.11 Å². The molecular weight excluding hydrogens is 332 g/mol. The molecule has 1 heterocycles. The Morgan fingerprint density at radius 2 is 2.14 bits per heavy atom. The first-order valence-corrected chi connectivity index (χ1v) is 7.70. The quantitative estimate of drug-likeness (QED) is 0.918. The van der Waals surface area contributed by atoms with Gasteiger partial charge in [0.2, 0.25) is 0 Å². The van der Waals surface area contributed by atoms with E-state index < -0.39 is 6.10 Å². The van der Waals surface area contributed by atoms with E-state index in [0.29, 0.717) is 13.0 Å². The van der Waals surface area contributed by atoms with Gasteiger partial charge in [-0.05, 0) is 46.1 Å². The molecule has 2 atom stereocenters. The topological polar surface area (TPSA) is 38.7 Å². The van der Waals surface area contributed by atoms with Crippen LogP contribution in [0.4, 0.5) is 0 Å². The molecule has 0 aliphatic carbocycles. The molecule has 0 saturated carbocycles. The van der Waals surface area contributed by atoms with E-state index in [9.17, 15) is 5.11 Å². The largest absolute Gasteiger partial charge is 0.496 e. The second kappa shape index (κ2) is 6.08. The van der Waals surface area contributed by atoms with Crippen molar-refractivity contribution in [3.05, 3.63) is 58.1 Å². The maximum atomic E-state index is 10.5. The van der Waals surface area contributed by atoms with Crippen molar-refractivity contribution >= 4 is 15.9 Å². The van der Waals surface area contributed by atoms with Crippen molar-refractivity contribution in [1.82, 2.24) is 0 Å². The van der Waals surface area contributed by atoms with Crippen LogP contribution < -0.4 is 9.47 Å². The van der Waals surface area contributed by atoms with Gasteiger partial charge in [-0.25, -0.2) is 0 Å². The molecule has 1 N–H and O–H groups in total. The van der Waals surface area contributed by atoms with Crippen molar-refractivity contribution < 1.29 is 14.6 Å². The average Bonchev–Trinajstić information content (AvgIpc) is 2.91. The first-order chi connectivity index (χ1) is 10.2. The zero-order valence-corrected chi connectivity index (χ0v) is 13.3. The van der Waals surface area contributed by atoms with Crippen molar-refractivity contribution in [3.8, 4) is 11.5 Å². The normalized spacial score (nSPS) is 18.0. The maximum Gasteiger partial charge on any atom is 0.133 e. The van der Waals surface area contributed by atoms with Crippen LogP contribution in [-0.4, -0.2) is 24.9 Å². The first kappa shape index (κ1) is 14.4. The number of para-hydroxylation sites is 1. The van der Waals surface area contributed by atoms with E-state index in [-0.39, 0.29) is 5.92 Å². The molecule has 2 unspecified atom stereocenters. The van der Waals surface area contributed by atoms with E-state index in [1.165, 1.54) is 0 Å². The third-order valence-electron chi connectivity index (χ3n) is 3.86. The molecule has 2 aromatic carbocycles. The number of methoxy groups -OCH3 is 1. The summed E-state index contributed by atoms with van der Waals surface area (Å²) in [5, 5.41) is 10.5. The lowest BCUT2D eigenvalue weighted by Crippen LogP contribution is -2.22. The van der Waals surface area contributed by atoms with E-state index >= 15 is 0 Å². The van der Waals surface area contributed by atoms with E-state index in [0.717, 1.165) is 27.1 Å². The summed E-state index contributed by atoms with van der Waals surface area (Å²) in [4.78, 5) is 0. The molecule has 2 aromatic rings. The number of aliphatic hydroxyl groups is 1.